The second kappa shape index (κ2) is 4.49. The van der Waals surface area contributed by atoms with Gasteiger partial charge in [-0.3, -0.25) is 4.79 Å². The van der Waals surface area contributed by atoms with E-state index in [4.69, 9.17) is 5.11 Å². The van der Waals surface area contributed by atoms with Gasteiger partial charge in [-0.2, -0.15) is 12.6 Å². The first-order valence-corrected chi connectivity index (χ1v) is 6.21. The normalized spacial score (nSPS) is 31.4. The van der Waals surface area contributed by atoms with Crippen molar-refractivity contribution in [3.8, 4) is 0 Å². The average Bonchev–Trinajstić information content (AvgIpc) is 2.69. The van der Waals surface area contributed by atoms with Crippen molar-refractivity contribution >= 4 is 30.1 Å². The van der Waals surface area contributed by atoms with E-state index >= 15 is 0 Å². The highest BCUT2D eigenvalue weighted by molar-refractivity contribution is 7.81. The van der Waals surface area contributed by atoms with Gasteiger partial charge in [-0.15, -0.1) is 5.10 Å². The molecule has 82 valence electrons. The van der Waals surface area contributed by atoms with E-state index in [-0.39, 0.29) is 11.2 Å². The number of carbonyl (C=O) groups is 1. The molecule has 0 aliphatic heterocycles. The van der Waals surface area contributed by atoms with Crippen molar-refractivity contribution in [3.63, 3.8) is 0 Å². The maximum atomic E-state index is 10.9. The summed E-state index contributed by atoms with van der Waals surface area (Å²) in [5.41, 5.74) is 0.989. The SMILES string of the molecule is O=C(O)C1CCC(c2csnn2)CC1S. The van der Waals surface area contributed by atoms with Crippen LogP contribution in [-0.4, -0.2) is 25.9 Å². The van der Waals surface area contributed by atoms with Crippen molar-refractivity contribution < 1.29 is 9.90 Å². The van der Waals surface area contributed by atoms with Crippen LogP contribution >= 0.6 is 24.2 Å². The number of hydrogen-bond acceptors (Lipinski definition) is 5. The third-order valence-electron chi connectivity index (χ3n) is 2.93. The van der Waals surface area contributed by atoms with Gasteiger partial charge in [0.05, 0.1) is 11.6 Å². The lowest BCUT2D eigenvalue weighted by molar-refractivity contribution is -0.142. The molecule has 3 unspecified atom stereocenters. The number of aliphatic carboxylic acids is 1. The zero-order chi connectivity index (χ0) is 10.8. The Labute approximate surface area is 97.3 Å². The molecule has 3 atom stereocenters. The van der Waals surface area contributed by atoms with Crippen LogP contribution in [0, 0.1) is 5.92 Å². The highest BCUT2D eigenvalue weighted by Gasteiger charge is 2.34. The molecule has 15 heavy (non-hydrogen) atoms. The number of carboxylic acid groups (broad SMARTS) is 1. The molecular formula is C9H12N2O2S2. The predicted octanol–water partition coefficient (Wildman–Crippen LogP) is 1.80. The fraction of sp³-hybridized carbons (Fsp3) is 0.667. The van der Waals surface area contributed by atoms with Gasteiger partial charge in [0.1, 0.15) is 0 Å². The van der Waals surface area contributed by atoms with E-state index in [0.29, 0.717) is 12.3 Å². The number of hydrogen-bond donors (Lipinski definition) is 2. The lowest BCUT2D eigenvalue weighted by Gasteiger charge is -2.29. The Bertz CT molecular complexity index is 342. The summed E-state index contributed by atoms with van der Waals surface area (Å²) in [6.07, 6.45) is 2.34. The van der Waals surface area contributed by atoms with Crippen molar-refractivity contribution in [3.05, 3.63) is 11.1 Å². The molecule has 1 saturated carbocycles. The third kappa shape index (κ3) is 2.31. The number of aromatic nitrogens is 2. The Hall–Kier alpha value is -0.620. The van der Waals surface area contributed by atoms with E-state index in [1.54, 1.807) is 0 Å². The Morgan fingerprint density at radius 1 is 1.60 bits per heavy atom. The maximum Gasteiger partial charge on any atom is 0.307 e. The van der Waals surface area contributed by atoms with Gasteiger partial charge in [0.25, 0.3) is 0 Å². The molecular weight excluding hydrogens is 232 g/mol. The van der Waals surface area contributed by atoms with Crippen molar-refractivity contribution in [2.24, 2.45) is 5.92 Å². The zero-order valence-corrected chi connectivity index (χ0v) is 9.75. The molecule has 1 N–H and O–H groups in total. The Balaban J connectivity index is 2.03. The molecule has 1 aromatic heterocycles. The molecule has 2 rings (SSSR count). The van der Waals surface area contributed by atoms with Gasteiger partial charge >= 0.3 is 5.97 Å². The van der Waals surface area contributed by atoms with E-state index in [2.05, 4.69) is 22.2 Å². The molecule has 4 nitrogen and oxygen atoms in total. The van der Waals surface area contributed by atoms with E-state index in [0.717, 1.165) is 18.5 Å². The highest BCUT2D eigenvalue weighted by atomic mass is 32.1. The average molecular weight is 244 g/mol. The van der Waals surface area contributed by atoms with Crippen LogP contribution in [0.25, 0.3) is 0 Å². The predicted molar refractivity (Wildman–Crippen MR) is 60.4 cm³/mol. The minimum absolute atomic E-state index is 0.0667. The molecule has 1 fully saturated rings. The Morgan fingerprint density at radius 2 is 2.40 bits per heavy atom. The summed E-state index contributed by atoms with van der Waals surface area (Å²) < 4.78 is 3.83. The summed E-state index contributed by atoms with van der Waals surface area (Å²) in [5, 5.41) is 14.9. The quantitative estimate of drug-likeness (QED) is 0.779. The van der Waals surface area contributed by atoms with Gasteiger partial charge in [0.2, 0.25) is 0 Å². The van der Waals surface area contributed by atoms with E-state index in [9.17, 15) is 4.79 Å². The summed E-state index contributed by atoms with van der Waals surface area (Å²) in [7, 11) is 0. The molecule has 1 heterocycles. The van der Waals surface area contributed by atoms with Gasteiger partial charge in [-0.05, 0) is 30.8 Å². The van der Waals surface area contributed by atoms with Gasteiger partial charge in [-0.1, -0.05) is 4.49 Å². The van der Waals surface area contributed by atoms with Crippen LogP contribution in [0.5, 0.6) is 0 Å². The van der Waals surface area contributed by atoms with Crippen molar-refractivity contribution in [2.45, 2.75) is 30.4 Å². The molecule has 0 saturated heterocycles. The molecule has 0 aromatic carbocycles. The fourth-order valence-electron chi connectivity index (χ4n) is 2.05. The largest absolute Gasteiger partial charge is 0.481 e. The van der Waals surface area contributed by atoms with Gasteiger partial charge in [0, 0.05) is 16.5 Å². The van der Waals surface area contributed by atoms with Crippen molar-refractivity contribution in [2.75, 3.05) is 0 Å². The Kier molecular flexibility index (Phi) is 3.25. The fourth-order valence-corrected chi connectivity index (χ4v) is 3.12. The highest BCUT2D eigenvalue weighted by Crippen LogP contribution is 2.37. The molecule has 6 heteroatoms. The van der Waals surface area contributed by atoms with Crippen LogP contribution in [0.2, 0.25) is 0 Å². The van der Waals surface area contributed by atoms with Crippen LogP contribution in [0.3, 0.4) is 0 Å². The standard InChI is InChI=1S/C9H12N2O2S2/c12-9(13)6-2-1-5(3-8(6)14)7-4-15-11-10-7/h4-6,8,14H,1-3H2,(H,12,13). The summed E-state index contributed by atoms with van der Waals surface area (Å²) in [4.78, 5) is 10.9. The zero-order valence-electron chi connectivity index (χ0n) is 8.04. The first kappa shape index (κ1) is 10.9. The molecule has 1 aromatic rings. The van der Waals surface area contributed by atoms with E-state index in [1.807, 2.05) is 5.38 Å². The topological polar surface area (TPSA) is 63.1 Å². The van der Waals surface area contributed by atoms with Crippen LogP contribution in [0.1, 0.15) is 30.9 Å². The van der Waals surface area contributed by atoms with Gasteiger partial charge in [-0.25, -0.2) is 0 Å². The van der Waals surface area contributed by atoms with Crippen molar-refractivity contribution in [1.29, 1.82) is 0 Å². The van der Waals surface area contributed by atoms with E-state index < -0.39 is 5.97 Å². The Morgan fingerprint density at radius 3 is 2.93 bits per heavy atom. The molecule has 0 spiro atoms. The number of nitrogens with zero attached hydrogens (tertiary/aromatic N) is 2. The lowest BCUT2D eigenvalue weighted by Crippen LogP contribution is -2.30. The number of rotatable bonds is 2. The van der Waals surface area contributed by atoms with Crippen molar-refractivity contribution in [1.82, 2.24) is 9.59 Å². The first-order valence-electron chi connectivity index (χ1n) is 4.86. The summed E-state index contributed by atoms with van der Waals surface area (Å²) in [6, 6.07) is 0. The molecule has 0 amide bonds. The summed E-state index contributed by atoms with van der Waals surface area (Å²) >= 11 is 5.70. The van der Waals surface area contributed by atoms with Gasteiger partial charge in [0.15, 0.2) is 0 Å². The number of carboxylic acids is 1. The van der Waals surface area contributed by atoms with E-state index in [1.165, 1.54) is 11.5 Å². The monoisotopic (exact) mass is 244 g/mol. The smallest absolute Gasteiger partial charge is 0.307 e. The van der Waals surface area contributed by atoms with Crippen LogP contribution in [0.4, 0.5) is 0 Å². The van der Waals surface area contributed by atoms with Gasteiger partial charge < -0.3 is 5.11 Å². The molecule has 1 aliphatic carbocycles. The molecule has 1 aliphatic rings. The first-order chi connectivity index (χ1) is 7.18. The van der Waals surface area contributed by atoms with Crippen LogP contribution in [0.15, 0.2) is 5.38 Å². The van der Waals surface area contributed by atoms with Crippen LogP contribution in [-0.2, 0) is 4.79 Å². The molecule has 0 radical (unpaired) electrons. The molecule has 0 bridgehead atoms. The lowest BCUT2D eigenvalue weighted by atomic mass is 9.80. The minimum atomic E-state index is -0.732. The van der Waals surface area contributed by atoms with Crippen LogP contribution < -0.4 is 0 Å². The number of thiol groups is 1. The summed E-state index contributed by atoms with van der Waals surface area (Å²) in [6.45, 7) is 0. The second-order valence-corrected chi connectivity index (χ2v) is 5.12. The minimum Gasteiger partial charge on any atom is -0.481 e. The second-order valence-electron chi connectivity index (χ2n) is 3.85. The maximum absolute atomic E-state index is 10.9. The summed E-state index contributed by atoms with van der Waals surface area (Å²) in [5.74, 6) is -0.706. The third-order valence-corrected chi connectivity index (χ3v) is 4.02.